The van der Waals surface area contributed by atoms with Gasteiger partial charge < -0.3 is 5.32 Å². The average molecular weight is 297 g/mol. The van der Waals surface area contributed by atoms with Crippen LogP contribution in [0.4, 0.5) is 5.69 Å². The number of para-hydroxylation sites is 1. The molecular weight excluding hydrogens is 266 g/mol. The van der Waals surface area contributed by atoms with Crippen LogP contribution in [-0.4, -0.2) is 6.54 Å². The summed E-state index contributed by atoms with van der Waals surface area (Å²) in [5.41, 5.74) is 3.53. The fourth-order valence-electron chi connectivity index (χ4n) is 6.22. The van der Waals surface area contributed by atoms with E-state index in [4.69, 9.17) is 0 Å². The molecule has 5 rings (SSSR count). The lowest BCUT2D eigenvalue weighted by Gasteiger charge is -2.57. The van der Waals surface area contributed by atoms with E-state index in [2.05, 4.69) is 43.4 Å². The maximum absolute atomic E-state index is 3.77. The summed E-state index contributed by atoms with van der Waals surface area (Å²) in [4.78, 5) is 0. The monoisotopic (exact) mass is 297 g/mol. The van der Waals surface area contributed by atoms with Crippen molar-refractivity contribution in [2.45, 2.75) is 64.7 Å². The molecule has 0 atom stereocenters. The van der Waals surface area contributed by atoms with Crippen molar-refractivity contribution >= 4 is 5.69 Å². The minimum Gasteiger partial charge on any atom is -0.385 e. The van der Waals surface area contributed by atoms with Crippen LogP contribution in [0.5, 0.6) is 0 Å². The summed E-state index contributed by atoms with van der Waals surface area (Å²) in [6.45, 7) is 5.75. The second kappa shape index (κ2) is 5.58. The van der Waals surface area contributed by atoms with Crippen LogP contribution in [0.15, 0.2) is 24.3 Å². The Balaban J connectivity index is 1.40. The van der Waals surface area contributed by atoms with Crippen molar-refractivity contribution in [2.24, 2.45) is 23.2 Å². The van der Waals surface area contributed by atoms with E-state index in [1.807, 2.05) is 0 Å². The van der Waals surface area contributed by atoms with Crippen LogP contribution in [-0.2, 0) is 0 Å². The molecule has 0 spiro atoms. The highest BCUT2D eigenvalue weighted by molar-refractivity contribution is 5.52. The lowest BCUT2D eigenvalue weighted by Crippen LogP contribution is -2.46. The molecule has 1 aromatic carbocycles. The highest BCUT2D eigenvalue weighted by Gasteiger charge is 2.50. The zero-order valence-corrected chi connectivity index (χ0v) is 14.3. The summed E-state index contributed by atoms with van der Waals surface area (Å²) in [7, 11) is 0. The molecule has 1 N–H and O–H groups in total. The van der Waals surface area contributed by atoms with Crippen LogP contribution >= 0.6 is 0 Å². The van der Waals surface area contributed by atoms with Crippen molar-refractivity contribution in [1.82, 2.24) is 0 Å². The standard InChI is InChI=1S/C21H31N/c1-15(2)19-5-3-4-6-20(19)22-8-7-21-12-16-9-17(13-21)11-18(10-16)14-21/h3-6,15-18,22H,7-14H2,1-2H3. The highest BCUT2D eigenvalue weighted by atomic mass is 14.9. The molecular formula is C21H31N. The van der Waals surface area contributed by atoms with Crippen molar-refractivity contribution in [3.8, 4) is 0 Å². The smallest absolute Gasteiger partial charge is 0.0375 e. The molecule has 4 bridgehead atoms. The number of rotatable bonds is 5. The molecule has 120 valence electrons. The quantitative estimate of drug-likeness (QED) is 0.721. The van der Waals surface area contributed by atoms with Gasteiger partial charge in [-0.2, -0.15) is 0 Å². The SMILES string of the molecule is CC(C)c1ccccc1NCCC12CC3CC(CC(C3)C1)C2. The normalized spacial score (nSPS) is 36.0. The topological polar surface area (TPSA) is 12.0 Å². The molecule has 4 saturated carbocycles. The van der Waals surface area contributed by atoms with Gasteiger partial charge in [0, 0.05) is 12.2 Å². The third kappa shape index (κ3) is 2.68. The van der Waals surface area contributed by atoms with Gasteiger partial charge in [0.1, 0.15) is 0 Å². The van der Waals surface area contributed by atoms with E-state index >= 15 is 0 Å². The third-order valence-corrected chi connectivity index (χ3v) is 6.72. The maximum Gasteiger partial charge on any atom is 0.0375 e. The predicted octanol–water partition coefficient (Wildman–Crippen LogP) is 5.83. The minimum absolute atomic E-state index is 0.600. The molecule has 0 amide bonds. The molecule has 0 heterocycles. The van der Waals surface area contributed by atoms with Crippen LogP contribution in [0.25, 0.3) is 0 Å². The van der Waals surface area contributed by atoms with E-state index in [9.17, 15) is 0 Å². The second-order valence-corrected chi connectivity index (χ2v) is 8.84. The van der Waals surface area contributed by atoms with Crippen molar-refractivity contribution < 1.29 is 0 Å². The van der Waals surface area contributed by atoms with Crippen LogP contribution in [0.3, 0.4) is 0 Å². The summed E-state index contributed by atoms with van der Waals surface area (Å²) in [5.74, 6) is 3.83. The fraction of sp³-hybridized carbons (Fsp3) is 0.714. The predicted molar refractivity (Wildman–Crippen MR) is 94.2 cm³/mol. The maximum atomic E-state index is 3.77. The van der Waals surface area contributed by atoms with Gasteiger partial charge in [-0.05, 0) is 85.7 Å². The Bertz CT molecular complexity index is 495. The fourth-order valence-corrected chi connectivity index (χ4v) is 6.22. The van der Waals surface area contributed by atoms with Gasteiger partial charge in [0.25, 0.3) is 0 Å². The Labute approximate surface area is 135 Å². The summed E-state index contributed by atoms with van der Waals surface area (Å²) in [6.07, 6.45) is 10.7. The molecule has 0 unspecified atom stereocenters. The third-order valence-electron chi connectivity index (χ3n) is 6.72. The van der Waals surface area contributed by atoms with Crippen LogP contribution in [0, 0.1) is 23.2 Å². The lowest BCUT2D eigenvalue weighted by atomic mass is 9.49. The molecule has 0 radical (unpaired) electrons. The van der Waals surface area contributed by atoms with Gasteiger partial charge >= 0.3 is 0 Å². The number of anilines is 1. The van der Waals surface area contributed by atoms with Crippen molar-refractivity contribution in [3.63, 3.8) is 0 Å². The first-order valence-corrected chi connectivity index (χ1v) is 9.46. The van der Waals surface area contributed by atoms with E-state index in [-0.39, 0.29) is 0 Å². The first-order valence-electron chi connectivity index (χ1n) is 9.46. The zero-order valence-electron chi connectivity index (χ0n) is 14.3. The number of nitrogens with one attached hydrogen (secondary N) is 1. The summed E-state index contributed by atoms with van der Waals surface area (Å²) >= 11 is 0. The van der Waals surface area contributed by atoms with Crippen LogP contribution in [0.2, 0.25) is 0 Å². The average Bonchev–Trinajstić information content (AvgIpc) is 2.46. The van der Waals surface area contributed by atoms with E-state index in [1.165, 1.54) is 36.9 Å². The van der Waals surface area contributed by atoms with Crippen molar-refractivity contribution in [2.75, 3.05) is 11.9 Å². The molecule has 1 nitrogen and oxygen atoms in total. The van der Waals surface area contributed by atoms with Gasteiger partial charge in [-0.3, -0.25) is 0 Å². The number of hydrogen-bond acceptors (Lipinski definition) is 1. The van der Waals surface area contributed by atoms with Gasteiger partial charge in [0.15, 0.2) is 0 Å². The molecule has 0 saturated heterocycles. The van der Waals surface area contributed by atoms with E-state index in [0.717, 1.165) is 24.3 Å². The molecule has 4 fully saturated rings. The largest absolute Gasteiger partial charge is 0.385 e. The van der Waals surface area contributed by atoms with E-state index in [0.29, 0.717) is 11.3 Å². The Morgan fingerprint density at radius 3 is 2.18 bits per heavy atom. The Morgan fingerprint density at radius 1 is 1.00 bits per heavy atom. The summed E-state index contributed by atoms with van der Waals surface area (Å²) < 4.78 is 0. The molecule has 1 aromatic rings. The van der Waals surface area contributed by atoms with Crippen LogP contribution in [0.1, 0.15) is 70.3 Å². The first kappa shape index (κ1) is 14.6. The van der Waals surface area contributed by atoms with Crippen molar-refractivity contribution in [3.05, 3.63) is 29.8 Å². The highest BCUT2D eigenvalue weighted by Crippen LogP contribution is 2.61. The molecule has 4 aliphatic rings. The number of hydrogen-bond donors (Lipinski definition) is 1. The molecule has 4 aliphatic carbocycles. The first-order chi connectivity index (χ1) is 10.6. The molecule has 0 aromatic heterocycles. The molecule has 0 aliphatic heterocycles. The zero-order chi connectivity index (χ0) is 15.2. The number of benzene rings is 1. The molecule has 1 heteroatoms. The summed E-state index contributed by atoms with van der Waals surface area (Å²) in [5, 5.41) is 3.77. The van der Waals surface area contributed by atoms with Gasteiger partial charge in [0.2, 0.25) is 0 Å². The van der Waals surface area contributed by atoms with E-state index in [1.54, 1.807) is 19.3 Å². The van der Waals surface area contributed by atoms with Gasteiger partial charge in [-0.15, -0.1) is 0 Å². The van der Waals surface area contributed by atoms with Gasteiger partial charge in [-0.1, -0.05) is 32.0 Å². The Hall–Kier alpha value is -0.980. The lowest BCUT2D eigenvalue weighted by molar-refractivity contribution is -0.0552. The molecule has 22 heavy (non-hydrogen) atoms. The van der Waals surface area contributed by atoms with Gasteiger partial charge in [0.05, 0.1) is 0 Å². The van der Waals surface area contributed by atoms with Gasteiger partial charge in [-0.25, -0.2) is 0 Å². The Kier molecular flexibility index (Phi) is 3.71. The van der Waals surface area contributed by atoms with E-state index < -0.39 is 0 Å². The minimum atomic E-state index is 0.600. The second-order valence-electron chi connectivity index (χ2n) is 8.84. The Morgan fingerprint density at radius 2 is 1.59 bits per heavy atom. The van der Waals surface area contributed by atoms with Crippen molar-refractivity contribution in [1.29, 1.82) is 0 Å². The summed E-state index contributed by atoms with van der Waals surface area (Å²) in [6, 6.07) is 8.87. The van der Waals surface area contributed by atoms with Crippen LogP contribution < -0.4 is 5.32 Å².